The quantitative estimate of drug-likeness (QED) is 0.789. The van der Waals surface area contributed by atoms with Crippen LogP contribution in [0.4, 0.5) is 10.1 Å². The molecule has 128 valence electrons. The Bertz CT molecular complexity index is 861. The van der Waals surface area contributed by atoms with Crippen molar-refractivity contribution in [3.05, 3.63) is 54.4 Å². The Morgan fingerprint density at radius 1 is 1.28 bits per heavy atom. The fourth-order valence-corrected chi connectivity index (χ4v) is 3.03. The normalized spacial score (nSPS) is 17.6. The second-order valence-corrected chi connectivity index (χ2v) is 6.04. The van der Waals surface area contributed by atoms with Crippen molar-refractivity contribution in [2.75, 3.05) is 18.4 Å². The lowest BCUT2D eigenvalue weighted by Crippen LogP contribution is -2.45. The molecule has 2 aromatic heterocycles. The predicted molar refractivity (Wildman–Crippen MR) is 89.7 cm³/mol. The lowest BCUT2D eigenvalue weighted by Gasteiger charge is -2.33. The molecule has 1 aliphatic rings. The standard InChI is InChI=1S/C17H17FN6O/c18-12-4-6-13(7-5-12)20-14-3-1-9-23(11-14)16(25)15-21-17-19-8-2-10-24(17)22-15/h2,4-8,10,14,20H,1,3,9,11H2/t14-/m0/s1. The molecule has 1 N–H and O–H groups in total. The summed E-state index contributed by atoms with van der Waals surface area (Å²) in [4.78, 5) is 22.7. The summed E-state index contributed by atoms with van der Waals surface area (Å²) in [5, 5.41) is 7.55. The zero-order chi connectivity index (χ0) is 17.2. The van der Waals surface area contributed by atoms with E-state index in [9.17, 15) is 9.18 Å². The molecule has 4 rings (SSSR count). The van der Waals surface area contributed by atoms with E-state index in [1.54, 1.807) is 35.5 Å². The topological polar surface area (TPSA) is 75.4 Å². The minimum Gasteiger partial charge on any atom is -0.381 e. The van der Waals surface area contributed by atoms with Crippen molar-refractivity contribution in [1.82, 2.24) is 24.5 Å². The molecule has 1 fully saturated rings. The number of hydrogen-bond donors (Lipinski definition) is 1. The SMILES string of the molecule is O=C(c1nc2ncccn2n1)N1CCC[C@H](Nc2ccc(F)cc2)C1. The van der Waals surface area contributed by atoms with Crippen LogP contribution in [0.15, 0.2) is 42.7 Å². The van der Waals surface area contributed by atoms with Crippen LogP contribution in [0, 0.1) is 5.82 Å². The van der Waals surface area contributed by atoms with Gasteiger partial charge in [-0.2, -0.15) is 4.98 Å². The first-order valence-electron chi connectivity index (χ1n) is 8.18. The van der Waals surface area contributed by atoms with Gasteiger partial charge >= 0.3 is 0 Å². The zero-order valence-corrected chi connectivity index (χ0v) is 13.5. The number of likely N-dealkylation sites (tertiary alicyclic amines) is 1. The Morgan fingerprint density at radius 3 is 2.92 bits per heavy atom. The first-order valence-corrected chi connectivity index (χ1v) is 8.18. The van der Waals surface area contributed by atoms with Gasteiger partial charge in [0.1, 0.15) is 5.82 Å². The third-order valence-electron chi connectivity index (χ3n) is 4.23. The van der Waals surface area contributed by atoms with Crippen LogP contribution in [0.25, 0.3) is 5.78 Å². The number of anilines is 1. The maximum absolute atomic E-state index is 13.0. The summed E-state index contributed by atoms with van der Waals surface area (Å²) >= 11 is 0. The Kier molecular flexibility index (Phi) is 4.01. The molecular formula is C17H17FN6O. The van der Waals surface area contributed by atoms with Crippen LogP contribution in [0.2, 0.25) is 0 Å². The molecule has 1 amide bonds. The third-order valence-corrected chi connectivity index (χ3v) is 4.23. The van der Waals surface area contributed by atoms with Gasteiger partial charge in [-0.05, 0) is 43.2 Å². The molecule has 25 heavy (non-hydrogen) atoms. The van der Waals surface area contributed by atoms with Gasteiger partial charge in [0.15, 0.2) is 0 Å². The lowest BCUT2D eigenvalue weighted by molar-refractivity contribution is 0.0702. The molecule has 1 saturated heterocycles. The molecule has 1 aromatic carbocycles. The van der Waals surface area contributed by atoms with Crippen LogP contribution in [-0.2, 0) is 0 Å². The van der Waals surface area contributed by atoms with Gasteiger partial charge < -0.3 is 10.2 Å². The van der Waals surface area contributed by atoms with Gasteiger partial charge in [0, 0.05) is 37.2 Å². The average molecular weight is 340 g/mol. The van der Waals surface area contributed by atoms with Gasteiger partial charge in [-0.3, -0.25) is 4.79 Å². The summed E-state index contributed by atoms with van der Waals surface area (Å²) in [7, 11) is 0. The van der Waals surface area contributed by atoms with E-state index in [0.29, 0.717) is 18.9 Å². The van der Waals surface area contributed by atoms with Gasteiger partial charge in [0.2, 0.25) is 5.82 Å². The lowest BCUT2D eigenvalue weighted by atomic mass is 10.1. The molecule has 3 aromatic rings. The Hall–Kier alpha value is -3.03. The third kappa shape index (κ3) is 3.28. The Morgan fingerprint density at radius 2 is 2.12 bits per heavy atom. The van der Waals surface area contributed by atoms with Gasteiger partial charge in [0.05, 0.1) is 0 Å². The van der Waals surface area contributed by atoms with Crippen LogP contribution in [0.5, 0.6) is 0 Å². The number of benzene rings is 1. The van der Waals surface area contributed by atoms with E-state index in [4.69, 9.17) is 0 Å². The molecule has 0 unspecified atom stereocenters. The molecule has 1 atom stereocenters. The minimum atomic E-state index is -0.266. The first kappa shape index (κ1) is 15.5. The van der Waals surface area contributed by atoms with Crippen molar-refractivity contribution in [2.45, 2.75) is 18.9 Å². The van der Waals surface area contributed by atoms with Gasteiger partial charge in [0.25, 0.3) is 11.7 Å². The average Bonchev–Trinajstić information content (AvgIpc) is 3.07. The summed E-state index contributed by atoms with van der Waals surface area (Å²) in [6, 6.07) is 8.08. The molecular weight excluding hydrogens is 323 g/mol. The summed E-state index contributed by atoms with van der Waals surface area (Å²) in [6.45, 7) is 1.22. The summed E-state index contributed by atoms with van der Waals surface area (Å²) < 4.78 is 14.5. The number of rotatable bonds is 3. The monoisotopic (exact) mass is 340 g/mol. The predicted octanol–water partition coefficient (Wildman–Crippen LogP) is 1.98. The summed E-state index contributed by atoms with van der Waals surface area (Å²) in [5.41, 5.74) is 0.843. The number of aromatic nitrogens is 4. The molecule has 0 spiro atoms. The first-order chi connectivity index (χ1) is 12.2. The highest BCUT2D eigenvalue weighted by atomic mass is 19.1. The largest absolute Gasteiger partial charge is 0.381 e. The van der Waals surface area contributed by atoms with E-state index in [2.05, 4.69) is 20.4 Å². The van der Waals surface area contributed by atoms with E-state index < -0.39 is 0 Å². The minimum absolute atomic E-state index is 0.110. The van der Waals surface area contributed by atoms with E-state index in [1.807, 2.05) is 0 Å². The smallest absolute Gasteiger partial charge is 0.293 e. The molecule has 7 nitrogen and oxygen atoms in total. The molecule has 1 aliphatic heterocycles. The number of carbonyl (C=O) groups is 1. The van der Waals surface area contributed by atoms with E-state index in [1.165, 1.54) is 16.6 Å². The number of amides is 1. The number of carbonyl (C=O) groups excluding carboxylic acids is 1. The van der Waals surface area contributed by atoms with Crippen molar-refractivity contribution >= 4 is 17.4 Å². The van der Waals surface area contributed by atoms with Crippen LogP contribution < -0.4 is 5.32 Å². The van der Waals surface area contributed by atoms with Crippen molar-refractivity contribution in [2.24, 2.45) is 0 Å². The van der Waals surface area contributed by atoms with Crippen LogP contribution in [0.3, 0.4) is 0 Å². The summed E-state index contributed by atoms with van der Waals surface area (Å²) in [5.74, 6) is 0.0959. The number of nitrogens with zero attached hydrogens (tertiary/aromatic N) is 5. The highest BCUT2D eigenvalue weighted by Crippen LogP contribution is 2.18. The Balaban J connectivity index is 1.46. The fourth-order valence-electron chi connectivity index (χ4n) is 3.03. The second kappa shape index (κ2) is 6.46. The van der Waals surface area contributed by atoms with E-state index >= 15 is 0 Å². The highest BCUT2D eigenvalue weighted by molar-refractivity contribution is 5.91. The number of nitrogens with one attached hydrogen (secondary N) is 1. The number of halogens is 1. The second-order valence-electron chi connectivity index (χ2n) is 6.04. The zero-order valence-electron chi connectivity index (χ0n) is 13.5. The van der Waals surface area contributed by atoms with E-state index in [-0.39, 0.29) is 23.6 Å². The molecule has 0 aliphatic carbocycles. The molecule has 8 heteroatoms. The Labute approximate surface area is 143 Å². The summed E-state index contributed by atoms with van der Waals surface area (Å²) in [6.07, 6.45) is 5.15. The van der Waals surface area contributed by atoms with Crippen molar-refractivity contribution in [3.8, 4) is 0 Å². The fraction of sp³-hybridized carbons (Fsp3) is 0.294. The number of piperidine rings is 1. The van der Waals surface area contributed by atoms with Crippen LogP contribution in [0.1, 0.15) is 23.5 Å². The van der Waals surface area contributed by atoms with Crippen molar-refractivity contribution in [1.29, 1.82) is 0 Å². The molecule has 0 radical (unpaired) electrons. The van der Waals surface area contributed by atoms with Crippen molar-refractivity contribution < 1.29 is 9.18 Å². The molecule has 0 saturated carbocycles. The molecule has 3 heterocycles. The van der Waals surface area contributed by atoms with E-state index in [0.717, 1.165) is 18.5 Å². The van der Waals surface area contributed by atoms with Crippen LogP contribution >= 0.6 is 0 Å². The van der Waals surface area contributed by atoms with Gasteiger partial charge in [-0.15, -0.1) is 5.10 Å². The number of fused-ring (bicyclic) bond motifs is 1. The van der Waals surface area contributed by atoms with Crippen molar-refractivity contribution in [3.63, 3.8) is 0 Å². The number of hydrogen-bond acceptors (Lipinski definition) is 5. The van der Waals surface area contributed by atoms with Gasteiger partial charge in [-0.1, -0.05) is 0 Å². The van der Waals surface area contributed by atoms with Gasteiger partial charge in [-0.25, -0.2) is 13.9 Å². The maximum Gasteiger partial charge on any atom is 0.293 e. The maximum atomic E-state index is 13.0. The van der Waals surface area contributed by atoms with Crippen LogP contribution in [-0.4, -0.2) is 49.5 Å². The molecule has 0 bridgehead atoms. The highest BCUT2D eigenvalue weighted by Gasteiger charge is 2.27.